The normalized spacial score (nSPS) is 27.5. The lowest BCUT2D eigenvalue weighted by molar-refractivity contribution is -0.148. The minimum Gasteiger partial charge on any atom is -0.481 e. The van der Waals surface area contributed by atoms with Crippen LogP contribution in [0.2, 0.25) is 0 Å². The summed E-state index contributed by atoms with van der Waals surface area (Å²) in [5, 5.41) is 11.8. The first-order valence-corrected chi connectivity index (χ1v) is 5.35. The number of hydrogen-bond donors (Lipinski definition) is 2. The van der Waals surface area contributed by atoms with Crippen LogP contribution in [0.15, 0.2) is 12.7 Å². The van der Waals surface area contributed by atoms with Gasteiger partial charge >= 0.3 is 12.0 Å². The van der Waals surface area contributed by atoms with Crippen molar-refractivity contribution in [2.75, 3.05) is 26.8 Å². The number of carboxylic acids is 1. The standard InChI is InChI=1S/C11H18N2O4/c1-4-5-13(3)10(16)12-8-6-17-7-11(8,2)9(14)15/h4,8H,1,5-7H2,2-3H3,(H,12,16)(H,14,15). The molecule has 0 spiro atoms. The fourth-order valence-electron chi connectivity index (χ4n) is 1.62. The topological polar surface area (TPSA) is 78.9 Å². The van der Waals surface area contributed by atoms with Crippen molar-refractivity contribution in [2.24, 2.45) is 5.41 Å². The van der Waals surface area contributed by atoms with Gasteiger partial charge in [0.05, 0.1) is 19.3 Å². The average molecular weight is 242 g/mol. The van der Waals surface area contributed by atoms with Gasteiger partial charge in [-0.05, 0) is 6.92 Å². The van der Waals surface area contributed by atoms with Crippen LogP contribution in [0.25, 0.3) is 0 Å². The number of nitrogens with zero attached hydrogens (tertiary/aromatic N) is 1. The monoisotopic (exact) mass is 242 g/mol. The molecule has 0 aromatic heterocycles. The molecular weight excluding hydrogens is 224 g/mol. The van der Waals surface area contributed by atoms with E-state index in [2.05, 4.69) is 11.9 Å². The number of hydrogen-bond acceptors (Lipinski definition) is 3. The highest BCUT2D eigenvalue weighted by Gasteiger charge is 2.47. The van der Waals surface area contributed by atoms with E-state index in [9.17, 15) is 9.59 Å². The number of rotatable bonds is 4. The quantitative estimate of drug-likeness (QED) is 0.695. The summed E-state index contributed by atoms with van der Waals surface area (Å²) in [6.45, 7) is 5.84. The van der Waals surface area contributed by atoms with Crippen molar-refractivity contribution in [3.05, 3.63) is 12.7 Å². The van der Waals surface area contributed by atoms with Crippen LogP contribution in [0.4, 0.5) is 4.79 Å². The number of amides is 2. The highest BCUT2D eigenvalue weighted by molar-refractivity contribution is 5.79. The lowest BCUT2D eigenvalue weighted by Gasteiger charge is -2.27. The number of carbonyl (C=O) groups excluding carboxylic acids is 1. The summed E-state index contributed by atoms with van der Waals surface area (Å²) >= 11 is 0. The van der Waals surface area contributed by atoms with Crippen LogP contribution in [0, 0.1) is 5.41 Å². The summed E-state index contributed by atoms with van der Waals surface area (Å²) in [5.74, 6) is -0.966. The first-order chi connectivity index (χ1) is 7.91. The Morgan fingerprint density at radius 2 is 2.35 bits per heavy atom. The van der Waals surface area contributed by atoms with Gasteiger partial charge in [-0.1, -0.05) is 6.08 Å². The largest absolute Gasteiger partial charge is 0.481 e. The molecule has 2 unspecified atom stereocenters. The summed E-state index contributed by atoms with van der Waals surface area (Å²) in [6.07, 6.45) is 1.60. The second-order valence-electron chi connectivity index (χ2n) is 4.41. The Bertz CT molecular complexity index is 331. The maximum absolute atomic E-state index is 11.7. The smallest absolute Gasteiger partial charge is 0.317 e. The van der Waals surface area contributed by atoms with Crippen molar-refractivity contribution in [3.63, 3.8) is 0 Å². The second-order valence-corrected chi connectivity index (χ2v) is 4.41. The molecule has 0 aromatic rings. The zero-order chi connectivity index (χ0) is 13.1. The number of likely N-dealkylation sites (N-methyl/N-ethyl adjacent to an activating group) is 1. The Labute approximate surface area is 100 Å². The molecule has 0 bridgehead atoms. The van der Waals surface area contributed by atoms with E-state index in [4.69, 9.17) is 9.84 Å². The van der Waals surface area contributed by atoms with Crippen LogP contribution in [0.1, 0.15) is 6.92 Å². The molecule has 2 atom stereocenters. The van der Waals surface area contributed by atoms with Gasteiger partial charge in [0.2, 0.25) is 0 Å². The molecule has 0 radical (unpaired) electrons. The molecule has 1 rings (SSSR count). The van der Waals surface area contributed by atoms with E-state index >= 15 is 0 Å². The lowest BCUT2D eigenvalue weighted by atomic mass is 9.85. The van der Waals surface area contributed by atoms with E-state index in [1.807, 2.05) is 0 Å². The van der Waals surface area contributed by atoms with E-state index in [1.54, 1.807) is 20.0 Å². The van der Waals surface area contributed by atoms with Gasteiger partial charge in [-0.2, -0.15) is 0 Å². The third kappa shape index (κ3) is 2.76. The molecule has 0 aliphatic carbocycles. The maximum atomic E-state index is 11.7. The van der Waals surface area contributed by atoms with Crippen molar-refractivity contribution in [3.8, 4) is 0 Å². The Balaban J connectivity index is 2.65. The van der Waals surface area contributed by atoms with E-state index in [0.29, 0.717) is 6.54 Å². The van der Waals surface area contributed by atoms with Crippen molar-refractivity contribution in [1.29, 1.82) is 0 Å². The average Bonchev–Trinajstić information content (AvgIpc) is 2.62. The molecule has 6 heteroatoms. The van der Waals surface area contributed by atoms with Gasteiger partial charge in [-0.3, -0.25) is 4.79 Å². The molecule has 6 nitrogen and oxygen atoms in total. The molecule has 0 saturated carbocycles. The van der Waals surface area contributed by atoms with Crippen molar-refractivity contribution in [2.45, 2.75) is 13.0 Å². The highest BCUT2D eigenvalue weighted by Crippen LogP contribution is 2.28. The number of urea groups is 1. The SMILES string of the molecule is C=CCN(C)C(=O)NC1COCC1(C)C(=O)O. The van der Waals surface area contributed by atoms with Crippen LogP contribution < -0.4 is 5.32 Å². The molecule has 17 heavy (non-hydrogen) atoms. The number of aliphatic carboxylic acids is 1. The van der Waals surface area contributed by atoms with Gasteiger partial charge in [-0.25, -0.2) is 4.79 Å². The molecule has 0 aromatic carbocycles. The van der Waals surface area contributed by atoms with Gasteiger partial charge in [0.1, 0.15) is 5.41 Å². The van der Waals surface area contributed by atoms with Crippen LogP contribution in [0.3, 0.4) is 0 Å². The summed E-state index contributed by atoms with van der Waals surface area (Å²) < 4.78 is 5.14. The summed E-state index contributed by atoms with van der Waals surface area (Å²) in [7, 11) is 1.62. The van der Waals surface area contributed by atoms with Crippen molar-refractivity contribution >= 4 is 12.0 Å². The minimum atomic E-state index is -1.06. The van der Waals surface area contributed by atoms with Gasteiger partial charge < -0.3 is 20.1 Å². The molecule has 96 valence electrons. The molecular formula is C11H18N2O4. The van der Waals surface area contributed by atoms with E-state index in [1.165, 1.54) is 4.90 Å². The summed E-state index contributed by atoms with van der Waals surface area (Å²) in [5.41, 5.74) is -1.06. The number of nitrogens with one attached hydrogen (secondary N) is 1. The first-order valence-electron chi connectivity index (χ1n) is 5.35. The van der Waals surface area contributed by atoms with Crippen LogP contribution in [0.5, 0.6) is 0 Å². The Kier molecular flexibility index (Phi) is 4.11. The molecule has 1 fully saturated rings. The number of carboxylic acid groups (broad SMARTS) is 1. The van der Waals surface area contributed by atoms with Crippen LogP contribution in [-0.4, -0.2) is 54.9 Å². The lowest BCUT2D eigenvalue weighted by Crippen LogP contribution is -2.52. The fraction of sp³-hybridized carbons (Fsp3) is 0.636. The zero-order valence-electron chi connectivity index (χ0n) is 10.1. The molecule has 1 heterocycles. The highest BCUT2D eigenvalue weighted by atomic mass is 16.5. The fourth-order valence-corrected chi connectivity index (χ4v) is 1.62. The van der Waals surface area contributed by atoms with Gasteiger partial charge in [0.15, 0.2) is 0 Å². The Morgan fingerprint density at radius 1 is 1.71 bits per heavy atom. The molecule has 1 aliphatic rings. The van der Waals surface area contributed by atoms with E-state index < -0.39 is 17.4 Å². The van der Waals surface area contributed by atoms with Gasteiger partial charge in [-0.15, -0.1) is 6.58 Å². The van der Waals surface area contributed by atoms with Crippen molar-refractivity contribution < 1.29 is 19.4 Å². The molecule has 1 aliphatic heterocycles. The molecule has 2 amide bonds. The molecule has 2 N–H and O–H groups in total. The third-order valence-corrected chi connectivity index (χ3v) is 2.99. The predicted octanol–water partition coefficient (Wildman–Crippen LogP) is 0.303. The second kappa shape index (κ2) is 5.18. The summed E-state index contributed by atoms with van der Waals surface area (Å²) in [4.78, 5) is 24.3. The van der Waals surface area contributed by atoms with Crippen LogP contribution in [-0.2, 0) is 9.53 Å². The Morgan fingerprint density at radius 3 is 2.88 bits per heavy atom. The van der Waals surface area contributed by atoms with Crippen LogP contribution >= 0.6 is 0 Å². The number of carbonyl (C=O) groups is 2. The minimum absolute atomic E-state index is 0.110. The maximum Gasteiger partial charge on any atom is 0.317 e. The zero-order valence-corrected chi connectivity index (χ0v) is 10.1. The van der Waals surface area contributed by atoms with Gasteiger partial charge in [0.25, 0.3) is 0 Å². The van der Waals surface area contributed by atoms with E-state index in [-0.39, 0.29) is 19.2 Å². The first kappa shape index (κ1) is 13.5. The molecule has 1 saturated heterocycles. The predicted molar refractivity (Wildman–Crippen MR) is 61.7 cm³/mol. The van der Waals surface area contributed by atoms with E-state index in [0.717, 1.165) is 0 Å². The third-order valence-electron chi connectivity index (χ3n) is 2.99. The summed E-state index contributed by atoms with van der Waals surface area (Å²) in [6, 6.07) is -0.840. The Hall–Kier alpha value is -1.56. The number of ether oxygens (including phenoxy) is 1. The van der Waals surface area contributed by atoms with Crippen molar-refractivity contribution in [1.82, 2.24) is 10.2 Å². The van der Waals surface area contributed by atoms with Gasteiger partial charge in [0, 0.05) is 13.6 Å².